The van der Waals surface area contributed by atoms with E-state index in [-0.39, 0.29) is 17.6 Å². The highest BCUT2D eigenvalue weighted by molar-refractivity contribution is 5.94. The summed E-state index contributed by atoms with van der Waals surface area (Å²) in [5.74, 6) is 0.523. The Bertz CT molecular complexity index is 731. The van der Waals surface area contributed by atoms with Crippen molar-refractivity contribution in [3.63, 3.8) is 0 Å². The number of piperidine rings is 1. The molecule has 1 aliphatic rings. The van der Waals surface area contributed by atoms with Gasteiger partial charge in [-0.15, -0.1) is 10.2 Å². The van der Waals surface area contributed by atoms with Crippen molar-refractivity contribution in [3.05, 3.63) is 41.7 Å². The smallest absolute Gasteiger partial charge is 0.253 e. The number of carbonyl (C=O) groups is 1. The number of hydrogen-bond donors (Lipinski definition) is 0. The van der Waals surface area contributed by atoms with Crippen molar-refractivity contribution in [2.75, 3.05) is 20.2 Å². The van der Waals surface area contributed by atoms with Crippen molar-refractivity contribution in [1.29, 1.82) is 0 Å². The summed E-state index contributed by atoms with van der Waals surface area (Å²) >= 11 is 0. The fraction of sp³-hybridized carbons (Fsp3) is 0.471. The van der Waals surface area contributed by atoms with E-state index in [0.717, 1.165) is 25.2 Å². The minimum Gasteiger partial charge on any atom is -0.494 e. The molecule has 2 heterocycles. The average Bonchev–Trinajstić information content (AvgIpc) is 3.10. The molecule has 1 atom stereocenters. The molecule has 128 valence electrons. The van der Waals surface area contributed by atoms with Gasteiger partial charge in [0.1, 0.15) is 12.2 Å². The molecule has 6 nitrogen and oxygen atoms in total. The molecule has 1 fully saturated rings. The molecule has 0 unspecified atom stereocenters. The maximum absolute atomic E-state index is 13.9. The number of likely N-dealkylation sites (tertiary alicyclic amines) is 1. The van der Waals surface area contributed by atoms with Crippen molar-refractivity contribution >= 4 is 5.91 Å². The van der Waals surface area contributed by atoms with Crippen LogP contribution in [0.25, 0.3) is 0 Å². The standard InChI is InChI=1S/C17H21FN4O2/c1-3-21-11-19-20-16(21)13-5-4-8-22(10-13)17(23)12-6-7-15(24-2)14(18)9-12/h6-7,9,11,13H,3-5,8,10H2,1-2H3/t13-/m1/s1. The largest absolute Gasteiger partial charge is 0.494 e. The van der Waals surface area contributed by atoms with Crippen LogP contribution < -0.4 is 4.74 Å². The SMILES string of the molecule is CCn1cnnc1[C@@H]1CCCN(C(=O)c2ccc(OC)c(F)c2)C1. The molecule has 0 spiro atoms. The van der Waals surface area contributed by atoms with Gasteiger partial charge in [0.15, 0.2) is 11.6 Å². The molecule has 0 radical (unpaired) electrons. The molecule has 24 heavy (non-hydrogen) atoms. The molecule has 2 aromatic rings. The molecule has 1 amide bonds. The highest BCUT2D eigenvalue weighted by Crippen LogP contribution is 2.27. The van der Waals surface area contributed by atoms with Crippen LogP contribution in [-0.2, 0) is 6.54 Å². The molecule has 3 rings (SSSR count). The lowest BCUT2D eigenvalue weighted by molar-refractivity contribution is 0.0702. The monoisotopic (exact) mass is 332 g/mol. The number of nitrogens with zero attached hydrogens (tertiary/aromatic N) is 4. The first kappa shape index (κ1) is 16.4. The predicted molar refractivity (Wildman–Crippen MR) is 86.5 cm³/mol. The van der Waals surface area contributed by atoms with Crippen LogP contribution in [-0.4, -0.2) is 45.8 Å². The topological polar surface area (TPSA) is 60.2 Å². The van der Waals surface area contributed by atoms with E-state index >= 15 is 0 Å². The fourth-order valence-electron chi connectivity index (χ4n) is 3.18. The van der Waals surface area contributed by atoms with Gasteiger partial charge in [0, 0.05) is 31.1 Å². The van der Waals surface area contributed by atoms with Crippen molar-refractivity contribution in [1.82, 2.24) is 19.7 Å². The average molecular weight is 332 g/mol. The number of halogens is 1. The van der Waals surface area contributed by atoms with Crippen LogP contribution in [0, 0.1) is 5.82 Å². The van der Waals surface area contributed by atoms with Crippen molar-refractivity contribution < 1.29 is 13.9 Å². The molecule has 1 aliphatic heterocycles. The Morgan fingerprint density at radius 1 is 1.46 bits per heavy atom. The van der Waals surface area contributed by atoms with Crippen LogP contribution in [0.3, 0.4) is 0 Å². The minimum absolute atomic E-state index is 0.138. The van der Waals surface area contributed by atoms with Gasteiger partial charge in [0.05, 0.1) is 7.11 Å². The molecule has 0 saturated carbocycles. The van der Waals surface area contributed by atoms with Gasteiger partial charge in [0.2, 0.25) is 0 Å². The zero-order valence-electron chi connectivity index (χ0n) is 13.9. The number of aromatic nitrogens is 3. The van der Waals surface area contributed by atoms with E-state index in [2.05, 4.69) is 10.2 Å². The second-order valence-electron chi connectivity index (χ2n) is 5.91. The van der Waals surface area contributed by atoms with Gasteiger partial charge < -0.3 is 14.2 Å². The lowest BCUT2D eigenvalue weighted by Crippen LogP contribution is -2.39. The van der Waals surface area contributed by atoms with Crippen molar-refractivity contribution in [2.45, 2.75) is 32.2 Å². The molecular weight excluding hydrogens is 311 g/mol. The van der Waals surface area contributed by atoms with Crippen LogP contribution in [0.5, 0.6) is 5.75 Å². The number of rotatable bonds is 4. The first-order valence-corrected chi connectivity index (χ1v) is 8.14. The lowest BCUT2D eigenvalue weighted by atomic mass is 9.96. The van der Waals surface area contributed by atoms with Crippen molar-refractivity contribution in [3.8, 4) is 5.75 Å². The summed E-state index contributed by atoms with van der Waals surface area (Å²) in [6.45, 7) is 4.09. The van der Waals surface area contributed by atoms with Gasteiger partial charge in [0.25, 0.3) is 5.91 Å². The summed E-state index contributed by atoms with van der Waals surface area (Å²) < 4.78 is 20.8. The van der Waals surface area contributed by atoms with Crippen LogP contribution in [0.4, 0.5) is 4.39 Å². The Morgan fingerprint density at radius 3 is 3.00 bits per heavy atom. The lowest BCUT2D eigenvalue weighted by Gasteiger charge is -2.32. The Labute approximate surface area is 140 Å². The number of hydrogen-bond acceptors (Lipinski definition) is 4. The summed E-state index contributed by atoms with van der Waals surface area (Å²) in [6.07, 6.45) is 3.58. The number of amides is 1. The predicted octanol–water partition coefficient (Wildman–Crippen LogP) is 2.47. The summed E-state index contributed by atoms with van der Waals surface area (Å²) in [5.41, 5.74) is 0.339. The van der Waals surface area contributed by atoms with Gasteiger partial charge in [-0.25, -0.2) is 4.39 Å². The molecule has 0 N–H and O–H groups in total. The second-order valence-corrected chi connectivity index (χ2v) is 5.91. The molecular formula is C17H21FN4O2. The number of methoxy groups -OCH3 is 1. The number of benzene rings is 1. The van der Waals surface area contributed by atoms with E-state index in [1.165, 1.54) is 19.2 Å². The van der Waals surface area contributed by atoms with E-state index < -0.39 is 5.82 Å². The van der Waals surface area contributed by atoms with Gasteiger partial charge >= 0.3 is 0 Å². The highest BCUT2D eigenvalue weighted by Gasteiger charge is 2.28. The minimum atomic E-state index is -0.525. The highest BCUT2D eigenvalue weighted by atomic mass is 19.1. The van der Waals surface area contributed by atoms with Crippen molar-refractivity contribution in [2.24, 2.45) is 0 Å². The molecule has 1 aromatic carbocycles. The van der Waals surface area contributed by atoms with E-state index in [4.69, 9.17) is 4.74 Å². The quantitative estimate of drug-likeness (QED) is 0.863. The van der Waals surface area contributed by atoms with Gasteiger partial charge in [-0.1, -0.05) is 0 Å². The molecule has 1 saturated heterocycles. The molecule has 1 aromatic heterocycles. The summed E-state index contributed by atoms with van der Waals surface area (Å²) in [7, 11) is 1.40. The number of carbonyl (C=O) groups excluding carboxylic acids is 1. The fourth-order valence-corrected chi connectivity index (χ4v) is 3.18. The van der Waals surface area contributed by atoms with Crippen LogP contribution in [0.15, 0.2) is 24.5 Å². The molecule has 0 bridgehead atoms. The zero-order valence-corrected chi connectivity index (χ0v) is 13.9. The van der Waals surface area contributed by atoms with E-state index in [0.29, 0.717) is 18.7 Å². The summed E-state index contributed by atoms with van der Waals surface area (Å²) in [5, 5.41) is 8.19. The summed E-state index contributed by atoms with van der Waals surface area (Å²) in [6, 6.07) is 4.32. The van der Waals surface area contributed by atoms with E-state index in [1.807, 2.05) is 11.5 Å². The van der Waals surface area contributed by atoms with Crippen LogP contribution in [0.2, 0.25) is 0 Å². The maximum Gasteiger partial charge on any atom is 0.253 e. The first-order valence-electron chi connectivity index (χ1n) is 8.14. The maximum atomic E-state index is 13.9. The molecule has 0 aliphatic carbocycles. The van der Waals surface area contributed by atoms with Gasteiger partial charge in [-0.05, 0) is 38.0 Å². The Balaban J connectivity index is 1.77. The Kier molecular flexibility index (Phi) is 4.78. The number of aryl methyl sites for hydroxylation is 1. The third kappa shape index (κ3) is 3.11. The van der Waals surface area contributed by atoms with E-state index in [9.17, 15) is 9.18 Å². The van der Waals surface area contributed by atoms with Crippen LogP contribution in [0.1, 0.15) is 41.9 Å². The second kappa shape index (κ2) is 6.98. The number of ether oxygens (including phenoxy) is 1. The van der Waals surface area contributed by atoms with Gasteiger partial charge in [-0.2, -0.15) is 0 Å². The van der Waals surface area contributed by atoms with Crippen LogP contribution >= 0.6 is 0 Å². The zero-order chi connectivity index (χ0) is 17.1. The third-order valence-corrected chi connectivity index (χ3v) is 4.46. The summed E-state index contributed by atoms with van der Waals surface area (Å²) in [4.78, 5) is 14.5. The van der Waals surface area contributed by atoms with E-state index in [1.54, 1.807) is 17.3 Å². The Morgan fingerprint density at radius 2 is 2.29 bits per heavy atom. The van der Waals surface area contributed by atoms with Gasteiger partial charge in [-0.3, -0.25) is 4.79 Å². The Hall–Kier alpha value is -2.44. The molecule has 7 heteroatoms. The first-order chi connectivity index (χ1) is 11.6. The third-order valence-electron chi connectivity index (χ3n) is 4.46. The normalized spacial score (nSPS) is 17.8.